The summed E-state index contributed by atoms with van der Waals surface area (Å²) in [7, 11) is -2.17. The molecule has 1 aromatic rings. The molecule has 1 aromatic carbocycles. The second-order valence-electron chi connectivity index (χ2n) is 13.7. The molecule has 0 saturated heterocycles. The number of rotatable bonds is 1. The summed E-state index contributed by atoms with van der Waals surface area (Å²) in [5.41, 5.74) is 9.85. The first-order valence-corrected chi connectivity index (χ1v) is 17.0. The molecule has 4 aliphatic carbocycles. The molecule has 33 heavy (non-hydrogen) atoms. The summed E-state index contributed by atoms with van der Waals surface area (Å²) >= 11 is 7.69. The molecule has 0 spiro atoms. The number of allylic oxidation sites excluding steroid dienone is 6. The van der Waals surface area contributed by atoms with E-state index in [1.54, 1.807) is 22.3 Å². The topological polar surface area (TPSA) is 0 Å². The zero-order valence-corrected chi connectivity index (χ0v) is 24.3. The van der Waals surface area contributed by atoms with Gasteiger partial charge in [-0.2, -0.15) is 11.1 Å². The zero-order chi connectivity index (χ0) is 24.4. The molecule has 0 aliphatic heterocycles. The minimum Gasteiger partial charge on any atom is -0.167 e. The Hall–Kier alpha value is -1.05. The smallest absolute Gasteiger partial charge is 0.160 e. The molecule has 1 fully saturated rings. The Labute approximate surface area is 208 Å². The van der Waals surface area contributed by atoms with Gasteiger partial charge in [0.2, 0.25) is 0 Å². The van der Waals surface area contributed by atoms with Gasteiger partial charge in [-0.15, -0.1) is 0 Å². The van der Waals surface area contributed by atoms with Gasteiger partial charge in [0, 0.05) is 10.5 Å². The molecule has 0 N–H and O–H groups in total. The average Bonchev–Trinajstić information content (AvgIpc) is 3.10. The van der Waals surface area contributed by atoms with E-state index in [1.807, 2.05) is 0 Å². The van der Waals surface area contributed by atoms with Gasteiger partial charge < -0.3 is 0 Å². The first kappa shape index (κ1) is 23.7. The summed E-state index contributed by atoms with van der Waals surface area (Å²) in [6.45, 7) is 25.4. The van der Waals surface area contributed by atoms with Crippen molar-refractivity contribution in [3.05, 3.63) is 64.3 Å². The minimum atomic E-state index is -2.17. The second-order valence-corrected chi connectivity index (χ2v) is 20.5. The third kappa shape index (κ3) is 2.40. The molecule has 0 radical (unpaired) electrons. The molecular weight excluding hydrogens is 436 g/mol. The van der Waals surface area contributed by atoms with E-state index >= 15 is 0 Å². The fourth-order valence-electron chi connectivity index (χ4n) is 8.97. The van der Waals surface area contributed by atoms with Crippen molar-refractivity contribution in [3.8, 4) is 0 Å². The van der Waals surface area contributed by atoms with E-state index in [1.165, 1.54) is 24.0 Å². The largest absolute Gasteiger partial charge is 0.167 e. The molecule has 178 valence electrons. The van der Waals surface area contributed by atoms with E-state index < -0.39 is 7.38 Å². The van der Waals surface area contributed by atoms with Crippen molar-refractivity contribution in [2.24, 2.45) is 27.6 Å². The van der Waals surface area contributed by atoms with E-state index in [-0.39, 0.29) is 26.7 Å². The van der Waals surface area contributed by atoms with Crippen LogP contribution in [-0.4, -0.2) is 7.38 Å². The van der Waals surface area contributed by atoms with E-state index in [4.69, 9.17) is 11.1 Å². The Balaban J connectivity index is 2.00. The Bertz CT molecular complexity index is 1140. The monoisotopic (exact) mass is 478 g/mol. The van der Waals surface area contributed by atoms with Gasteiger partial charge in [0.25, 0.3) is 0 Å². The highest BCUT2D eigenvalue weighted by Gasteiger charge is 2.75. The van der Waals surface area contributed by atoms with Crippen LogP contribution in [0.2, 0.25) is 18.1 Å². The number of halogens is 1. The number of benzene rings is 1. The van der Waals surface area contributed by atoms with Crippen LogP contribution in [0.15, 0.2) is 53.1 Å². The van der Waals surface area contributed by atoms with Crippen LogP contribution in [0.5, 0.6) is 0 Å². The fourth-order valence-corrected chi connectivity index (χ4v) is 12.8. The van der Waals surface area contributed by atoms with Crippen molar-refractivity contribution >= 4 is 24.0 Å². The SMILES string of the molecule is CC12C(=C3Cc4ccccc4C3=C3C=CCCC31)C(C)([Si](C)(C)Cl)C(C)(C)C(C)(C)C2(C)C. The molecule has 5 rings (SSSR count). The number of hydrogen-bond donors (Lipinski definition) is 0. The van der Waals surface area contributed by atoms with Crippen LogP contribution in [0.4, 0.5) is 0 Å². The first-order chi connectivity index (χ1) is 15.1. The van der Waals surface area contributed by atoms with Gasteiger partial charge in [-0.05, 0) is 69.3 Å². The van der Waals surface area contributed by atoms with Crippen molar-refractivity contribution < 1.29 is 0 Å². The van der Waals surface area contributed by atoms with Crippen LogP contribution in [-0.2, 0) is 6.42 Å². The summed E-state index contributed by atoms with van der Waals surface area (Å²) in [6, 6.07) is 9.18. The average molecular weight is 479 g/mol. The lowest BCUT2D eigenvalue weighted by Gasteiger charge is -2.76. The normalized spacial score (nSPS) is 35.7. The molecule has 1 saturated carbocycles. The third-order valence-corrected chi connectivity index (χ3v) is 16.8. The minimum absolute atomic E-state index is 0.0232. The molecule has 0 nitrogen and oxygen atoms in total. The summed E-state index contributed by atoms with van der Waals surface area (Å²) in [5, 5.41) is -0.0232. The third-order valence-electron chi connectivity index (χ3n) is 12.4. The predicted octanol–water partition coefficient (Wildman–Crippen LogP) is 9.58. The standard InChI is InChI=1S/C31H43ClSi/c1-27(2)28(3,4)30(7)24-18-14-13-17-22(24)25-21-16-12-11-15-20(21)19-23(25)26(30)31(8,29(27,5)6)33(9,10)32/h11-13,15-17,24H,14,18-19H2,1-10H3. The van der Waals surface area contributed by atoms with Gasteiger partial charge in [0.05, 0.1) is 0 Å². The molecule has 0 heterocycles. The van der Waals surface area contributed by atoms with Gasteiger partial charge in [0.1, 0.15) is 0 Å². The first-order valence-electron chi connectivity index (χ1n) is 13.0. The van der Waals surface area contributed by atoms with Gasteiger partial charge in [0.15, 0.2) is 7.38 Å². The Kier molecular flexibility index (Phi) is 4.72. The lowest BCUT2D eigenvalue weighted by atomic mass is 9.32. The van der Waals surface area contributed by atoms with Gasteiger partial charge in [-0.1, -0.05) is 110 Å². The second kappa shape index (κ2) is 6.58. The zero-order valence-electron chi connectivity index (χ0n) is 22.5. The highest BCUT2D eigenvalue weighted by Crippen LogP contribution is 2.83. The van der Waals surface area contributed by atoms with E-state index in [9.17, 15) is 0 Å². The lowest BCUT2D eigenvalue weighted by Crippen LogP contribution is -2.69. The predicted molar refractivity (Wildman–Crippen MR) is 147 cm³/mol. The Morgan fingerprint density at radius 3 is 2.15 bits per heavy atom. The summed E-state index contributed by atoms with van der Waals surface area (Å²) in [6.07, 6.45) is 8.40. The highest BCUT2D eigenvalue weighted by atomic mass is 35.6. The van der Waals surface area contributed by atoms with Crippen LogP contribution in [0.25, 0.3) is 5.57 Å². The van der Waals surface area contributed by atoms with Gasteiger partial charge in [-0.3, -0.25) is 0 Å². The molecule has 2 heteroatoms. The van der Waals surface area contributed by atoms with Gasteiger partial charge >= 0.3 is 0 Å². The van der Waals surface area contributed by atoms with Crippen molar-refractivity contribution in [3.63, 3.8) is 0 Å². The number of fused-ring (bicyclic) bond motifs is 6. The molecule has 0 bridgehead atoms. The van der Waals surface area contributed by atoms with Gasteiger partial charge in [-0.25, -0.2) is 0 Å². The van der Waals surface area contributed by atoms with E-state index in [0.29, 0.717) is 5.92 Å². The summed E-state index contributed by atoms with van der Waals surface area (Å²) in [5.74, 6) is 0.542. The summed E-state index contributed by atoms with van der Waals surface area (Å²) in [4.78, 5) is 0. The number of hydrogen-bond acceptors (Lipinski definition) is 0. The van der Waals surface area contributed by atoms with Crippen molar-refractivity contribution in [1.82, 2.24) is 0 Å². The Morgan fingerprint density at radius 1 is 0.879 bits per heavy atom. The summed E-state index contributed by atoms with van der Waals surface area (Å²) < 4.78 is 0. The molecule has 0 aromatic heterocycles. The van der Waals surface area contributed by atoms with Crippen LogP contribution in [0.3, 0.4) is 0 Å². The quantitative estimate of drug-likeness (QED) is 0.278. The lowest BCUT2D eigenvalue weighted by molar-refractivity contribution is -0.156. The molecule has 3 atom stereocenters. The molecule has 0 amide bonds. The van der Waals surface area contributed by atoms with E-state index in [2.05, 4.69) is 105 Å². The van der Waals surface area contributed by atoms with Crippen LogP contribution >= 0.6 is 11.1 Å². The maximum atomic E-state index is 7.69. The Morgan fingerprint density at radius 2 is 1.52 bits per heavy atom. The van der Waals surface area contributed by atoms with Crippen LogP contribution in [0, 0.1) is 27.6 Å². The molecular formula is C31H43ClSi. The van der Waals surface area contributed by atoms with Crippen LogP contribution in [0.1, 0.15) is 79.4 Å². The van der Waals surface area contributed by atoms with Crippen molar-refractivity contribution in [1.29, 1.82) is 0 Å². The van der Waals surface area contributed by atoms with Crippen molar-refractivity contribution in [2.45, 2.75) is 92.8 Å². The van der Waals surface area contributed by atoms with Crippen molar-refractivity contribution in [2.75, 3.05) is 0 Å². The maximum Gasteiger partial charge on any atom is 0.160 e. The fraction of sp³-hybridized carbons (Fsp3) is 0.613. The van der Waals surface area contributed by atoms with Crippen LogP contribution < -0.4 is 0 Å². The highest BCUT2D eigenvalue weighted by molar-refractivity contribution is 7.21. The molecule has 3 unspecified atom stereocenters. The van der Waals surface area contributed by atoms with E-state index in [0.717, 1.165) is 6.42 Å². The molecule has 4 aliphatic rings. The maximum absolute atomic E-state index is 7.69.